The summed E-state index contributed by atoms with van der Waals surface area (Å²) in [5.74, 6) is -2.03. The Balaban J connectivity index is 1.51. The molecule has 0 saturated carbocycles. The van der Waals surface area contributed by atoms with Gasteiger partial charge in [0.25, 0.3) is 0 Å². The number of hydrogen-bond acceptors (Lipinski definition) is 5. The summed E-state index contributed by atoms with van der Waals surface area (Å²) in [5, 5.41) is 4.60. The van der Waals surface area contributed by atoms with Gasteiger partial charge in [0.15, 0.2) is 10.9 Å². The molecule has 1 unspecified atom stereocenters. The van der Waals surface area contributed by atoms with Gasteiger partial charge in [0.1, 0.15) is 11.6 Å². The average Bonchev–Trinajstić information content (AvgIpc) is 3.20. The predicted octanol–water partition coefficient (Wildman–Crippen LogP) is 3.72. The van der Waals surface area contributed by atoms with Gasteiger partial charge in [-0.1, -0.05) is 29.8 Å². The van der Waals surface area contributed by atoms with Crippen molar-refractivity contribution in [3.63, 3.8) is 0 Å². The molecule has 2 heterocycles. The first kappa shape index (κ1) is 21.1. The number of rotatable bonds is 4. The molecule has 0 fully saturated rings. The van der Waals surface area contributed by atoms with Crippen molar-refractivity contribution < 1.29 is 23.3 Å². The van der Waals surface area contributed by atoms with Gasteiger partial charge < -0.3 is 5.32 Å². The van der Waals surface area contributed by atoms with Gasteiger partial charge in [-0.25, -0.2) is 14.2 Å². The van der Waals surface area contributed by atoms with Gasteiger partial charge in [0.05, 0.1) is 24.8 Å². The van der Waals surface area contributed by atoms with Gasteiger partial charge in [-0.15, -0.1) is 11.3 Å². The van der Waals surface area contributed by atoms with Crippen LogP contribution in [0.15, 0.2) is 47.4 Å². The minimum absolute atomic E-state index is 0.00834. The van der Waals surface area contributed by atoms with Crippen LogP contribution in [-0.4, -0.2) is 52.1 Å². The number of hydrogen-bond donors (Lipinski definition) is 1. The fourth-order valence-electron chi connectivity index (χ4n) is 3.53. The molecule has 10 heteroatoms. The van der Waals surface area contributed by atoms with Gasteiger partial charge in [-0.3, -0.25) is 4.79 Å². The molecular weight excluding hydrogens is 443 g/mol. The maximum absolute atomic E-state index is 14.2. The van der Waals surface area contributed by atoms with Gasteiger partial charge in [0, 0.05) is 17.4 Å². The topological polar surface area (TPSA) is 82.4 Å². The monoisotopic (exact) mass is 459 g/mol. The summed E-state index contributed by atoms with van der Waals surface area (Å²) in [4.78, 5) is 42.8. The molecule has 158 valence electrons. The maximum Gasteiger partial charge on any atom is 0.500 e. The van der Waals surface area contributed by atoms with E-state index in [1.165, 1.54) is 17.7 Å². The minimum Gasteiger partial charge on any atom is -0.302 e. The van der Waals surface area contributed by atoms with Crippen molar-refractivity contribution in [2.24, 2.45) is 5.92 Å². The Bertz CT molecular complexity index is 1220. The number of benzene rings is 1. The number of carbonyl (C=O) groups excluding carboxylic acids is 3. The molecule has 0 radical (unpaired) electrons. The van der Waals surface area contributed by atoms with Crippen LogP contribution in [0.2, 0.25) is 5.02 Å². The van der Waals surface area contributed by atoms with Crippen LogP contribution in [0.5, 0.6) is 0 Å². The minimum atomic E-state index is -0.698. The first-order chi connectivity index (χ1) is 14.8. The summed E-state index contributed by atoms with van der Waals surface area (Å²) in [7, 11) is 3.01. The molecular formula is C21H17ClFN4O3S+. The first-order valence-electron chi connectivity index (χ1n) is 9.27. The number of anilines is 1. The third-order valence-electron chi connectivity index (χ3n) is 5.13. The van der Waals surface area contributed by atoms with Crippen molar-refractivity contribution in [2.45, 2.75) is 6.42 Å². The number of fused-ring (bicyclic) bond motifs is 1. The molecule has 1 N–H and O–H groups in total. The Morgan fingerprint density at radius 1 is 1.39 bits per heavy atom. The second-order valence-electron chi connectivity index (χ2n) is 7.06. The summed E-state index contributed by atoms with van der Waals surface area (Å²) in [6.07, 6.45) is 5.06. The molecule has 4 amide bonds. The lowest BCUT2D eigenvalue weighted by molar-refractivity contribution is -0.405. The number of halogens is 2. The lowest BCUT2D eigenvalue weighted by Crippen LogP contribution is -2.52. The highest BCUT2D eigenvalue weighted by Gasteiger charge is 2.46. The molecule has 7 nitrogen and oxygen atoms in total. The smallest absolute Gasteiger partial charge is 0.302 e. The van der Waals surface area contributed by atoms with Crippen LogP contribution in [0.4, 0.5) is 14.3 Å². The highest BCUT2D eigenvalue weighted by atomic mass is 35.5. The molecule has 2 aliphatic rings. The molecule has 0 saturated heterocycles. The van der Waals surface area contributed by atoms with Crippen molar-refractivity contribution in [2.75, 3.05) is 19.4 Å². The molecule has 0 bridgehead atoms. The van der Waals surface area contributed by atoms with Crippen LogP contribution in [-0.2, 0) is 9.59 Å². The van der Waals surface area contributed by atoms with Gasteiger partial charge in [-0.05, 0) is 23.8 Å². The number of urea groups is 1. The number of allylic oxidation sites excluding steroid dienone is 3. The Hall–Kier alpha value is -3.17. The zero-order valence-corrected chi connectivity index (χ0v) is 18.1. The quantitative estimate of drug-likeness (QED) is 0.706. The molecule has 1 aromatic carbocycles. The van der Waals surface area contributed by atoms with E-state index in [9.17, 15) is 18.8 Å². The molecule has 4 rings (SSSR count). The van der Waals surface area contributed by atoms with Crippen molar-refractivity contribution in [1.82, 2.24) is 9.88 Å². The Morgan fingerprint density at radius 2 is 2.16 bits per heavy atom. The molecule has 1 aliphatic heterocycles. The van der Waals surface area contributed by atoms with E-state index in [2.05, 4.69) is 10.3 Å². The van der Waals surface area contributed by atoms with E-state index in [0.717, 1.165) is 16.2 Å². The number of carbonyl (C=O) groups is 3. The van der Waals surface area contributed by atoms with Crippen molar-refractivity contribution in [3.8, 4) is 11.3 Å². The molecule has 0 spiro atoms. The van der Waals surface area contributed by atoms with E-state index in [-0.39, 0.29) is 28.8 Å². The lowest BCUT2D eigenvalue weighted by Gasteiger charge is -2.27. The highest BCUT2D eigenvalue weighted by Crippen LogP contribution is 2.31. The van der Waals surface area contributed by atoms with E-state index < -0.39 is 17.8 Å². The Labute approximate surface area is 186 Å². The SMILES string of the molecule is CN1C(=O)C2C(CC(=O)Nc3nc(-c4cccc(Cl)c4F)cs3)=CC=CC2=[N+](C)C1=O. The molecule has 1 aliphatic carbocycles. The van der Waals surface area contributed by atoms with Crippen molar-refractivity contribution >= 4 is 51.6 Å². The second-order valence-corrected chi connectivity index (χ2v) is 8.33. The normalized spacial score (nSPS) is 18.3. The summed E-state index contributed by atoms with van der Waals surface area (Å²) in [5.41, 5.74) is 1.71. The summed E-state index contributed by atoms with van der Waals surface area (Å²) < 4.78 is 15.6. The van der Waals surface area contributed by atoms with Gasteiger partial charge in [-0.2, -0.15) is 14.3 Å². The largest absolute Gasteiger partial charge is 0.500 e. The molecule has 31 heavy (non-hydrogen) atoms. The molecule has 2 aromatic rings. The Morgan fingerprint density at radius 3 is 2.94 bits per heavy atom. The van der Waals surface area contributed by atoms with Gasteiger partial charge >= 0.3 is 11.9 Å². The van der Waals surface area contributed by atoms with Crippen molar-refractivity contribution in [3.05, 3.63) is 58.2 Å². The van der Waals surface area contributed by atoms with E-state index in [4.69, 9.17) is 11.6 Å². The van der Waals surface area contributed by atoms with Crippen LogP contribution in [0.1, 0.15) is 6.42 Å². The number of nitrogens with zero attached hydrogens (tertiary/aromatic N) is 3. The number of nitrogens with one attached hydrogen (secondary N) is 1. The first-order valence-corrected chi connectivity index (χ1v) is 10.5. The van der Waals surface area contributed by atoms with E-state index >= 15 is 0 Å². The second kappa shape index (κ2) is 8.16. The van der Waals surface area contributed by atoms with Crippen LogP contribution in [0.3, 0.4) is 0 Å². The number of thiazole rings is 1. The number of aromatic nitrogens is 1. The summed E-state index contributed by atoms with van der Waals surface area (Å²) in [6, 6.07) is 4.20. The fraction of sp³-hybridized carbons (Fsp3) is 0.190. The van der Waals surface area contributed by atoms with Crippen LogP contribution in [0, 0.1) is 11.7 Å². The van der Waals surface area contributed by atoms with E-state index in [0.29, 0.717) is 22.1 Å². The number of amides is 4. The zero-order valence-electron chi connectivity index (χ0n) is 16.6. The maximum atomic E-state index is 14.2. The van der Waals surface area contributed by atoms with Crippen LogP contribution in [0.25, 0.3) is 11.3 Å². The van der Waals surface area contributed by atoms with Crippen LogP contribution >= 0.6 is 22.9 Å². The zero-order chi connectivity index (χ0) is 22.3. The van der Waals surface area contributed by atoms with Crippen LogP contribution < -0.4 is 5.32 Å². The van der Waals surface area contributed by atoms with Crippen molar-refractivity contribution in [1.29, 1.82) is 0 Å². The summed E-state index contributed by atoms with van der Waals surface area (Å²) in [6.45, 7) is 0. The molecule has 1 aromatic heterocycles. The van der Waals surface area contributed by atoms with Gasteiger partial charge in [0.2, 0.25) is 5.91 Å². The lowest BCUT2D eigenvalue weighted by atomic mass is 9.85. The van der Waals surface area contributed by atoms with E-state index in [1.807, 2.05) is 0 Å². The Kier molecular flexibility index (Phi) is 5.55. The highest BCUT2D eigenvalue weighted by molar-refractivity contribution is 7.14. The molecule has 1 atom stereocenters. The van der Waals surface area contributed by atoms with E-state index in [1.54, 1.807) is 42.8 Å². The predicted molar refractivity (Wildman–Crippen MR) is 116 cm³/mol. The summed E-state index contributed by atoms with van der Waals surface area (Å²) >= 11 is 6.98. The standard InChI is InChI=1S/C21H16ClFN4O3S/c1-26-15-8-3-5-11(17(15)19(29)27(2)21(26)30)9-16(28)25-20-24-14(10-31-20)12-6-4-7-13(22)18(12)23/h3-8,10,17H,9H2,1-2H3/p+1. The fourth-order valence-corrected chi connectivity index (χ4v) is 4.43. The third-order valence-corrected chi connectivity index (χ3v) is 6.17. The third kappa shape index (κ3) is 3.82. The number of imide groups is 1. The average molecular weight is 460 g/mol.